The van der Waals surface area contributed by atoms with E-state index >= 15 is 0 Å². The topological polar surface area (TPSA) is 50.7 Å². The highest BCUT2D eigenvalue weighted by Gasteiger charge is 2.76. The van der Waals surface area contributed by atoms with E-state index < -0.39 is 23.9 Å². The van der Waals surface area contributed by atoms with Crippen LogP contribution in [-0.4, -0.2) is 37.3 Å². The molecule has 1 N–H and O–H groups in total. The minimum absolute atomic E-state index is 0.247. The van der Waals surface area contributed by atoms with Gasteiger partial charge < -0.3 is 4.74 Å². The molecule has 1 rings (SSSR count). The van der Waals surface area contributed by atoms with Gasteiger partial charge >= 0.3 is 23.9 Å². The zero-order chi connectivity index (χ0) is 17.9. The number of ether oxygens (including phenoxy) is 1. The maximum atomic E-state index is 12.9. The summed E-state index contributed by atoms with van der Waals surface area (Å²) in [6.07, 6.45) is -5.81. The molecule has 0 aliphatic carbocycles. The van der Waals surface area contributed by atoms with Crippen LogP contribution >= 0.6 is 0 Å². The molecule has 1 amide bonds. The van der Waals surface area contributed by atoms with Gasteiger partial charge in [-0.1, -0.05) is 0 Å². The summed E-state index contributed by atoms with van der Waals surface area (Å²) in [7, 11) is 1.38. The van der Waals surface area contributed by atoms with Crippen LogP contribution in [0, 0.1) is 0 Å². The Labute approximate surface area is 124 Å². The predicted octanol–water partition coefficient (Wildman–Crippen LogP) is 2.98. The molecule has 0 bridgehead atoms. The molecule has 0 fully saturated rings. The van der Waals surface area contributed by atoms with Crippen molar-refractivity contribution in [3.8, 4) is 5.75 Å². The lowest BCUT2D eigenvalue weighted by molar-refractivity contribution is -0.344. The van der Waals surface area contributed by atoms with Crippen LogP contribution in [0.15, 0.2) is 29.4 Å². The van der Waals surface area contributed by atoms with Gasteiger partial charge in [-0.15, -0.1) is 0 Å². The van der Waals surface area contributed by atoms with Gasteiger partial charge in [0.25, 0.3) is 0 Å². The number of halogens is 7. The molecule has 128 valence electrons. The Morgan fingerprint density at radius 2 is 1.61 bits per heavy atom. The lowest BCUT2D eigenvalue weighted by atomic mass is 10.1. The number of benzene rings is 1. The van der Waals surface area contributed by atoms with Crippen LogP contribution in [0.2, 0.25) is 0 Å². The van der Waals surface area contributed by atoms with Crippen LogP contribution in [0.25, 0.3) is 0 Å². The summed E-state index contributed by atoms with van der Waals surface area (Å²) in [6, 6.07) is 5.62. The summed E-state index contributed by atoms with van der Waals surface area (Å²) in [5.41, 5.74) is 1.19. The average Bonchev–Trinajstić information content (AvgIpc) is 2.46. The van der Waals surface area contributed by atoms with Gasteiger partial charge in [-0.05, 0) is 29.8 Å². The molecule has 0 spiro atoms. The Hall–Kier alpha value is -2.33. The van der Waals surface area contributed by atoms with E-state index in [1.165, 1.54) is 31.4 Å². The maximum absolute atomic E-state index is 12.9. The third kappa shape index (κ3) is 3.90. The molecule has 23 heavy (non-hydrogen) atoms. The van der Waals surface area contributed by atoms with Crippen LogP contribution in [0.5, 0.6) is 5.75 Å². The monoisotopic (exact) mass is 346 g/mol. The van der Waals surface area contributed by atoms with Gasteiger partial charge in [0.1, 0.15) is 5.75 Å². The van der Waals surface area contributed by atoms with E-state index in [0.717, 1.165) is 11.6 Å². The normalized spacial score (nSPS) is 13.2. The molecule has 11 heteroatoms. The van der Waals surface area contributed by atoms with Crippen LogP contribution in [0.4, 0.5) is 30.7 Å². The fraction of sp³-hybridized carbons (Fsp3) is 0.333. The summed E-state index contributed by atoms with van der Waals surface area (Å²) in [4.78, 5) is 10.9. The third-order valence-corrected chi connectivity index (χ3v) is 2.53. The van der Waals surface area contributed by atoms with Crippen LogP contribution < -0.4 is 10.2 Å². The summed E-state index contributed by atoms with van der Waals surface area (Å²) in [6.45, 7) is 0. The fourth-order valence-electron chi connectivity index (χ4n) is 1.25. The molecule has 0 unspecified atom stereocenters. The van der Waals surface area contributed by atoms with E-state index in [4.69, 9.17) is 4.74 Å². The number of rotatable bonds is 5. The van der Waals surface area contributed by atoms with E-state index in [1.54, 1.807) is 0 Å². The quantitative estimate of drug-likeness (QED) is 0.506. The van der Waals surface area contributed by atoms with Gasteiger partial charge in [-0.3, -0.25) is 4.79 Å². The van der Waals surface area contributed by atoms with Crippen molar-refractivity contribution < 1.29 is 40.3 Å². The maximum Gasteiger partial charge on any atom is 0.460 e. The van der Waals surface area contributed by atoms with Gasteiger partial charge in [0.15, 0.2) is 0 Å². The Kier molecular flexibility index (Phi) is 5.23. The lowest BCUT2D eigenvalue weighted by Crippen LogP contribution is -2.58. The van der Waals surface area contributed by atoms with Gasteiger partial charge in [0.2, 0.25) is 0 Å². The number of nitrogens with zero attached hydrogens (tertiary/aromatic N) is 1. The second-order valence-corrected chi connectivity index (χ2v) is 4.12. The van der Waals surface area contributed by atoms with Crippen molar-refractivity contribution in [1.82, 2.24) is 5.43 Å². The molecule has 0 heterocycles. The van der Waals surface area contributed by atoms with Crippen LogP contribution in [0.3, 0.4) is 0 Å². The molecule has 4 nitrogen and oxygen atoms in total. The molecule has 0 aliphatic heterocycles. The number of carbonyl (C=O) groups excluding carboxylic acids is 1. The standard InChI is InChI=1S/C12H9F7N2O2/c1-23-8-4-2-7(3-5-8)6-20-21-9(22)10(13,14)11(15,16)12(17,18)19/h2-6H,1H3,(H,21,22)/b20-6-. The van der Waals surface area contributed by atoms with Crippen LogP contribution in [-0.2, 0) is 4.79 Å². The van der Waals surface area contributed by atoms with Crippen molar-refractivity contribution in [1.29, 1.82) is 0 Å². The van der Waals surface area contributed by atoms with Crippen LogP contribution in [0.1, 0.15) is 5.56 Å². The highest BCUT2D eigenvalue weighted by Crippen LogP contribution is 2.46. The zero-order valence-electron chi connectivity index (χ0n) is 11.3. The van der Waals surface area contributed by atoms with E-state index in [2.05, 4.69) is 5.10 Å². The predicted molar refractivity (Wildman–Crippen MR) is 64.7 cm³/mol. The molecule has 0 saturated heterocycles. The van der Waals surface area contributed by atoms with Crippen molar-refractivity contribution in [2.45, 2.75) is 18.0 Å². The molecule has 1 aromatic carbocycles. The molecule has 0 atom stereocenters. The number of nitrogens with one attached hydrogen (secondary N) is 1. The first-order valence-corrected chi connectivity index (χ1v) is 5.73. The lowest BCUT2D eigenvalue weighted by Gasteiger charge is -2.26. The fourth-order valence-corrected chi connectivity index (χ4v) is 1.25. The van der Waals surface area contributed by atoms with Crippen molar-refractivity contribution >= 4 is 12.1 Å². The number of hydrogen-bond acceptors (Lipinski definition) is 3. The molecule has 1 aromatic rings. The SMILES string of the molecule is COc1ccc(/C=N\NC(=O)C(F)(F)C(F)(F)C(F)(F)F)cc1. The average molecular weight is 346 g/mol. The van der Waals surface area contributed by atoms with Crippen molar-refractivity contribution in [3.05, 3.63) is 29.8 Å². The zero-order valence-corrected chi connectivity index (χ0v) is 11.3. The first-order chi connectivity index (χ1) is 10.4. The number of methoxy groups -OCH3 is 1. The Morgan fingerprint density at radius 1 is 1.09 bits per heavy atom. The first kappa shape index (κ1) is 18.7. The highest BCUT2D eigenvalue weighted by atomic mass is 19.4. The Balaban J connectivity index is 2.80. The smallest absolute Gasteiger partial charge is 0.460 e. The van der Waals surface area contributed by atoms with E-state index in [-0.39, 0.29) is 5.56 Å². The summed E-state index contributed by atoms with van der Waals surface area (Å²) in [5, 5.41) is 2.91. The van der Waals surface area contributed by atoms with Crippen molar-refractivity contribution in [2.24, 2.45) is 5.10 Å². The van der Waals surface area contributed by atoms with E-state index in [1.807, 2.05) is 0 Å². The van der Waals surface area contributed by atoms with Crippen molar-refractivity contribution in [3.63, 3.8) is 0 Å². The molecular weight excluding hydrogens is 337 g/mol. The largest absolute Gasteiger partial charge is 0.497 e. The molecule has 0 radical (unpaired) electrons. The number of carbonyl (C=O) groups is 1. The minimum Gasteiger partial charge on any atom is -0.497 e. The number of amides is 1. The van der Waals surface area contributed by atoms with Gasteiger partial charge in [-0.25, -0.2) is 5.43 Å². The Bertz CT molecular complexity index is 582. The number of hydrazone groups is 1. The Morgan fingerprint density at radius 3 is 2.04 bits per heavy atom. The number of hydrogen-bond donors (Lipinski definition) is 1. The van der Waals surface area contributed by atoms with Crippen molar-refractivity contribution in [2.75, 3.05) is 7.11 Å². The van der Waals surface area contributed by atoms with E-state index in [9.17, 15) is 35.5 Å². The van der Waals surface area contributed by atoms with Gasteiger partial charge in [-0.2, -0.15) is 35.8 Å². The minimum atomic E-state index is -6.59. The second-order valence-electron chi connectivity index (χ2n) is 4.12. The molecule has 0 saturated carbocycles. The summed E-state index contributed by atoms with van der Waals surface area (Å²) < 4.78 is 91.6. The molecular formula is C12H9F7N2O2. The third-order valence-electron chi connectivity index (χ3n) is 2.53. The number of alkyl halides is 7. The summed E-state index contributed by atoms with van der Waals surface area (Å²) in [5.74, 6) is -15.0. The highest BCUT2D eigenvalue weighted by molar-refractivity contribution is 5.86. The molecule has 0 aliphatic rings. The molecule has 0 aromatic heterocycles. The second kappa shape index (κ2) is 6.42. The summed E-state index contributed by atoms with van der Waals surface area (Å²) >= 11 is 0. The van der Waals surface area contributed by atoms with Gasteiger partial charge in [0, 0.05) is 0 Å². The van der Waals surface area contributed by atoms with E-state index in [0.29, 0.717) is 5.75 Å². The van der Waals surface area contributed by atoms with Gasteiger partial charge in [0.05, 0.1) is 13.3 Å². The first-order valence-electron chi connectivity index (χ1n) is 5.73.